The van der Waals surface area contributed by atoms with Gasteiger partial charge in [-0.05, 0) is 33.3 Å². The Balaban J connectivity index is 2.02. The van der Waals surface area contributed by atoms with Crippen LogP contribution in [0.1, 0.15) is 33.9 Å². The van der Waals surface area contributed by atoms with E-state index in [2.05, 4.69) is 22.2 Å². The van der Waals surface area contributed by atoms with E-state index in [1.165, 1.54) is 4.57 Å². The summed E-state index contributed by atoms with van der Waals surface area (Å²) in [5, 5.41) is 3.90. The first-order valence-electron chi connectivity index (χ1n) is 7.17. The Morgan fingerprint density at radius 1 is 1.32 bits per heavy atom. The van der Waals surface area contributed by atoms with Crippen LogP contribution in [0.5, 0.6) is 0 Å². The van der Waals surface area contributed by atoms with Crippen LogP contribution in [0.4, 0.5) is 0 Å². The molecule has 0 saturated heterocycles. The van der Waals surface area contributed by atoms with E-state index in [-0.39, 0.29) is 12.5 Å². The van der Waals surface area contributed by atoms with E-state index in [4.69, 9.17) is 0 Å². The van der Waals surface area contributed by atoms with Crippen molar-refractivity contribution in [3.05, 3.63) is 43.5 Å². The molecule has 118 valence electrons. The van der Waals surface area contributed by atoms with Crippen molar-refractivity contribution in [2.75, 3.05) is 0 Å². The van der Waals surface area contributed by atoms with Gasteiger partial charge in [0.25, 0.3) is 0 Å². The number of carbonyl (C=O) groups excluding carboxylic acids is 1. The lowest BCUT2D eigenvalue weighted by Crippen LogP contribution is -2.34. The zero-order chi connectivity index (χ0) is 16.3. The van der Waals surface area contributed by atoms with Gasteiger partial charge in [-0.2, -0.15) is 4.98 Å². The van der Waals surface area contributed by atoms with Gasteiger partial charge in [-0.15, -0.1) is 11.3 Å². The second-order valence-corrected chi connectivity index (χ2v) is 6.32. The first-order chi connectivity index (χ1) is 10.4. The summed E-state index contributed by atoms with van der Waals surface area (Å²) in [5.41, 5.74) is 1.95. The Morgan fingerprint density at radius 3 is 2.64 bits per heavy atom. The van der Waals surface area contributed by atoms with Crippen LogP contribution in [-0.2, 0) is 24.3 Å². The predicted octanol–water partition coefficient (Wildman–Crippen LogP) is 1.50. The molecule has 6 nitrogen and oxygen atoms in total. The second kappa shape index (κ2) is 6.83. The average molecular weight is 320 g/mol. The summed E-state index contributed by atoms with van der Waals surface area (Å²) in [6, 6.07) is 1.79. The number of amides is 1. The summed E-state index contributed by atoms with van der Waals surface area (Å²) in [7, 11) is 0. The normalized spacial score (nSPS) is 10.7. The standard InChI is InChI=1S/C15H20N4O2S/c1-5-14-18-11(4)12(22-14)7-16-13(20)8-19-10(3)6-9(2)17-15(19)21/h6H,5,7-8H2,1-4H3,(H,16,20). The molecule has 2 rings (SSSR count). The van der Waals surface area contributed by atoms with Crippen LogP contribution in [0.15, 0.2) is 10.9 Å². The number of thiazole rings is 1. The summed E-state index contributed by atoms with van der Waals surface area (Å²) in [4.78, 5) is 33.2. The summed E-state index contributed by atoms with van der Waals surface area (Å²) < 4.78 is 1.37. The lowest BCUT2D eigenvalue weighted by atomic mass is 10.3. The molecule has 0 aliphatic carbocycles. The molecule has 2 aromatic heterocycles. The van der Waals surface area contributed by atoms with E-state index < -0.39 is 5.69 Å². The number of aromatic nitrogens is 3. The second-order valence-electron chi connectivity index (χ2n) is 5.15. The number of aryl methyl sites for hydroxylation is 4. The summed E-state index contributed by atoms with van der Waals surface area (Å²) in [6.45, 7) is 7.97. The fraction of sp³-hybridized carbons (Fsp3) is 0.467. The molecule has 0 aliphatic heterocycles. The highest BCUT2D eigenvalue weighted by molar-refractivity contribution is 7.11. The largest absolute Gasteiger partial charge is 0.350 e. The highest BCUT2D eigenvalue weighted by Gasteiger charge is 2.11. The van der Waals surface area contributed by atoms with Gasteiger partial charge in [0.1, 0.15) is 6.54 Å². The molecule has 7 heteroatoms. The maximum atomic E-state index is 12.0. The maximum absolute atomic E-state index is 12.0. The molecule has 2 aromatic rings. The van der Waals surface area contributed by atoms with Crippen LogP contribution in [0.25, 0.3) is 0 Å². The number of hydrogen-bond donors (Lipinski definition) is 1. The van der Waals surface area contributed by atoms with E-state index in [1.54, 1.807) is 31.3 Å². The van der Waals surface area contributed by atoms with Crippen LogP contribution >= 0.6 is 11.3 Å². The van der Waals surface area contributed by atoms with Gasteiger partial charge in [0.05, 0.1) is 17.2 Å². The van der Waals surface area contributed by atoms with Crippen molar-refractivity contribution >= 4 is 17.2 Å². The molecule has 0 bridgehead atoms. The molecule has 0 spiro atoms. The third-order valence-corrected chi connectivity index (χ3v) is 4.64. The van der Waals surface area contributed by atoms with Gasteiger partial charge in [0, 0.05) is 16.3 Å². The van der Waals surface area contributed by atoms with E-state index in [0.717, 1.165) is 27.7 Å². The highest BCUT2D eigenvalue weighted by atomic mass is 32.1. The Bertz CT molecular complexity index is 748. The molecule has 0 aliphatic rings. The van der Waals surface area contributed by atoms with E-state index in [0.29, 0.717) is 12.2 Å². The number of hydrogen-bond acceptors (Lipinski definition) is 5. The SMILES string of the molecule is CCc1nc(C)c(CNC(=O)Cn2c(C)cc(C)nc2=O)s1. The van der Waals surface area contributed by atoms with Crippen LogP contribution in [-0.4, -0.2) is 20.4 Å². The molecule has 0 fully saturated rings. The topological polar surface area (TPSA) is 76.9 Å². The molecule has 0 aromatic carbocycles. The Morgan fingerprint density at radius 2 is 2.05 bits per heavy atom. The molecular weight excluding hydrogens is 300 g/mol. The van der Waals surface area contributed by atoms with Crippen LogP contribution in [0.2, 0.25) is 0 Å². The smallest absolute Gasteiger partial charge is 0.348 e. The van der Waals surface area contributed by atoms with Gasteiger partial charge >= 0.3 is 5.69 Å². The zero-order valence-corrected chi connectivity index (χ0v) is 14.1. The van der Waals surface area contributed by atoms with Gasteiger partial charge in [0.2, 0.25) is 5.91 Å². The van der Waals surface area contributed by atoms with E-state index in [9.17, 15) is 9.59 Å². The Kier molecular flexibility index (Phi) is 5.07. The van der Waals surface area contributed by atoms with Gasteiger partial charge in [-0.1, -0.05) is 6.92 Å². The number of nitrogens with zero attached hydrogens (tertiary/aromatic N) is 3. The van der Waals surface area contributed by atoms with Crippen molar-refractivity contribution in [1.82, 2.24) is 19.9 Å². The molecule has 1 N–H and O–H groups in total. The molecule has 22 heavy (non-hydrogen) atoms. The van der Waals surface area contributed by atoms with Crippen molar-refractivity contribution in [3.63, 3.8) is 0 Å². The van der Waals surface area contributed by atoms with Gasteiger partial charge in [-0.25, -0.2) is 9.78 Å². The molecule has 0 saturated carbocycles. The van der Waals surface area contributed by atoms with Crippen molar-refractivity contribution in [1.29, 1.82) is 0 Å². The minimum atomic E-state index is -0.394. The minimum absolute atomic E-state index is 0.0174. The van der Waals surface area contributed by atoms with Crippen LogP contribution in [0.3, 0.4) is 0 Å². The Hall–Kier alpha value is -2.02. The zero-order valence-electron chi connectivity index (χ0n) is 13.3. The highest BCUT2D eigenvalue weighted by Crippen LogP contribution is 2.18. The van der Waals surface area contributed by atoms with Crippen molar-refractivity contribution in [2.45, 2.75) is 47.2 Å². The van der Waals surface area contributed by atoms with Crippen LogP contribution in [0, 0.1) is 20.8 Å². The predicted molar refractivity (Wildman–Crippen MR) is 86.0 cm³/mol. The number of rotatable bonds is 5. The van der Waals surface area contributed by atoms with Crippen molar-refractivity contribution in [2.24, 2.45) is 0 Å². The molecule has 2 heterocycles. The third kappa shape index (κ3) is 3.79. The lowest BCUT2D eigenvalue weighted by Gasteiger charge is -2.10. The molecule has 0 unspecified atom stereocenters. The molecular formula is C15H20N4O2S. The number of carbonyl (C=O) groups is 1. The van der Waals surface area contributed by atoms with E-state index in [1.807, 2.05) is 6.92 Å². The van der Waals surface area contributed by atoms with Crippen LogP contribution < -0.4 is 11.0 Å². The summed E-state index contributed by atoms with van der Waals surface area (Å²) >= 11 is 1.61. The molecule has 0 atom stereocenters. The Labute approximate surface area is 133 Å². The third-order valence-electron chi connectivity index (χ3n) is 3.33. The van der Waals surface area contributed by atoms with Gasteiger partial charge in [0.15, 0.2) is 0 Å². The lowest BCUT2D eigenvalue weighted by molar-refractivity contribution is -0.121. The van der Waals surface area contributed by atoms with E-state index >= 15 is 0 Å². The monoisotopic (exact) mass is 320 g/mol. The van der Waals surface area contributed by atoms with Gasteiger partial charge in [-0.3, -0.25) is 9.36 Å². The number of nitrogens with one attached hydrogen (secondary N) is 1. The average Bonchev–Trinajstić information content (AvgIpc) is 2.81. The fourth-order valence-corrected chi connectivity index (χ4v) is 3.10. The molecule has 1 amide bonds. The minimum Gasteiger partial charge on any atom is -0.350 e. The quantitative estimate of drug-likeness (QED) is 0.906. The maximum Gasteiger partial charge on any atom is 0.348 e. The summed E-state index contributed by atoms with van der Waals surface area (Å²) in [6.07, 6.45) is 0.892. The first kappa shape index (κ1) is 16.4. The van der Waals surface area contributed by atoms with Crippen molar-refractivity contribution < 1.29 is 4.79 Å². The summed E-state index contributed by atoms with van der Waals surface area (Å²) in [5.74, 6) is -0.207. The fourth-order valence-electron chi connectivity index (χ4n) is 2.15. The van der Waals surface area contributed by atoms with Crippen molar-refractivity contribution in [3.8, 4) is 0 Å². The molecule has 0 radical (unpaired) electrons. The van der Waals surface area contributed by atoms with Gasteiger partial charge < -0.3 is 5.32 Å². The first-order valence-corrected chi connectivity index (χ1v) is 7.99.